The van der Waals surface area contributed by atoms with Crippen LogP contribution in [0.3, 0.4) is 0 Å². The van der Waals surface area contributed by atoms with Crippen LogP contribution in [0.4, 0.5) is 11.5 Å². The average Bonchev–Trinajstić information content (AvgIpc) is 2.66. The first-order valence-electron chi connectivity index (χ1n) is 9.24. The number of hydrogen-bond acceptors (Lipinski definition) is 4. The third-order valence-corrected chi connectivity index (χ3v) is 4.80. The van der Waals surface area contributed by atoms with E-state index in [4.69, 9.17) is 0 Å². The Morgan fingerprint density at radius 1 is 1.12 bits per heavy atom. The number of hydrogen-bond donors (Lipinski definition) is 2. The maximum atomic E-state index is 12.4. The van der Waals surface area contributed by atoms with Gasteiger partial charge in [0.25, 0.3) is 5.91 Å². The van der Waals surface area contributed by atoms with Gasteiger partial charge >= 0.3 is 0 Å². The molecule has 1 aliphatic carbocycles. The molecule has 136 valence electrons. The van der Waals surface area contributed by atoms with Crippen LogP contribution in [0.15, 0.2) is 42.2 Å². The van der Waals surface area contributed by atoms with Gasteiger partial charge in [0.15, 0.2) is 0 Å². The Kier molecular flexibility index (Phi) is 6.00. The number of rotatable bonds is 6. The van der Waals surface area contributed by atoms with Crippen LogP contribution in [0, 0.1) is 13.8 Å². The van der Waals surface area contributed by atoms with Crippen molar-refractivity contribution in [2.45, 2.75) is 46.0 Å². The number of nitrogens with zero attached hydrogens (tertiary/aromatic N) is 2. The summed E-state index contributed by atoms with van der Waals surface area (Å²) in [5.74, 6) is 0.454. The van der Waals surface area contributed by atoms with Crippen molar-refractivity contribution >= 4 is 17.4 Å². The molecule has 0 saturated carbocycles. The third kappa shape index (κ3) is 4.91. The van der Waals surface area contributed by atoms with Crippen molar-refractivity contribution < 1.29 is 4.79 Å². The molecule has 2 aromatic rings. The summed E-state index contributed by atoms with van der Waals surface area (Å²) in [5, 5.41) is 6.19. The second kappa shape index (κ2) is 8.61. The molecule has 0 fully saturated rings. The highest BCUT2D eigenvalue weighted by molar-refractivity contribution is 6.03. The van der Waals surface area contributed by atoms with Gasteiger partial charge in [-0.1, -0.05) is 17.7 Å². The first-order chi connectivity index (χ1) is 12.6. The smallest absolute Gasteiger partial charge is 0.274 e. The van der Waals surface area contributed by atoms with E-state index in [0.717, 1.165) is 24.2 Å². The zero-order chi connectivity index (χ0) is 18.4. The summed E-state index contributed by atoms with van der Waals surface area (Å²) < 4.78 is 0. The van der Waals surface area contributed by atoms with Crippen LogP contribution in [-0.2, 0) is 0 Å². The molecule has 5 nitrogen and oxygen atoms in total. The molecule has 1 aromatic carbocycles. The van der Waals surface area contributed by atoms with Gasteiger partial charge in [-0.05, 0) is 69.2 Å². The summed E-state index contributed by atoms with van der Waals surface area (Å²) in [7, 11) is 0. The number of aromatic nitrogens is 2. The quantitative estimate of drug-likeness (QED) is 0.744. The van der Waals surface area contributed by atoms with Crippen LogP contribution < -0.4 is 10.6 Å². The summed E-state index contributed by atoms with van der Waals surface area (Å²) in [5.41, 5.74) is 4.99. The van der Waals surface area contributed by atoms with Crippen molar-refractivity contribution in [1.82, 2.24) is 9.97 Å². The lowest BCUT2D eigenvalue weighted by Gasteiger charge is -2.13. The lowest BCUT2D eigenvalue weighted by atomic mass is 9.97. The van der Waals surface area contributed by atoms with Crippen LogP contribution in [0.2, 0.25) is 0 Å². The third-order valence-electron chi connectivity index (χ3n) is 4.80. The van der Waals surface area contributed by atoms with Gasteiger partial charge in [0.2, 0.25) is 0 Å². The Morgan fingerprint density at radius 2 is 2.00 bits per heavy atom. The van der Waals surface area contributed by atoms with Crippen molar-refractivity contribution in [2.75, 3.05) is 17.2 Å². The Balaban J connectivity index is 1.58. The lowest BCUT2D eigenvalue weighted by Crippen LogP contribution is -2.15. The number of allylic oxidation sites excluding steroid dienone is 1. The van der Waals surface area contributed by atoms with Gasteiger partial charge < -0.3 is 10.6 Å². The summed E-state index contributed by atoms with van der Waals surface area (Å²) >= 11 is 0. The molecule has 1 amide bonds. The Bertz CT molecular complexity index is 813. The minimum atomic E-state index is -0.228. The molecule has 1 aliphatic rings. The molecule has 3 rings (SSSR count). The summed E-state index contributed by atoms with van der Waals surface area (Å²) in [6.07, 6.45) is 9.81. The van der Waals surface area contributed by atoms with Crippen molar-refractivity contribution in [2.24, 2.45) is 0 Å². The minimum absolute atomic E-state index is 0.228. The molecule has 0 saturated heterocycles. The van der Waals surface area contributed by atoms with E-state index in [0.29, 0.717) is 11.5 Å². The molecular formula is C21H26N4O. The highest BCUT2D eigenvalue weighted by atomic mass is 16.1. The molecular weight excluding hydrogens is 324 g/mol. The zero-order valence-corrected chi connectivity index (χ0v) is 15.5. The van der Waals surface area contributed by atoms with E-state index in [1.165, 1.54) is 43.1 Å². The van der Waals surface area contributed by atoms with E-state index in [1.807, 2.05) is 32.0 Å². The van der Waals surface area contributed by atoms with Crippen LogP contribution in [0.25, 0.3) is 0 Å². The Morgan fingerprint density at radius 3 is 2.77 bits per heavy atom. The number of nitrogens with one attached hydrogen (secondary N) is 2. The van der Waals surface area contributed by atoms with Gasteiger partial charge in [0.05, 0.1) is 0 Å². The summed E-state index contributed by atoms with van der Waals surface area (Å²) in [4.78, 5) is 20.8. The second-order valence-corrected chi connectivity index (χ2v) is 6.83. The van der Waals surface area contributed by atoms with E-state index >= 15 is 0 Å². The molecule has 0 bridgehead atoms. The van der Waals surface area contributed by atoms with E-state index in [2.05, 4.69) is 26.7 Å². The predicted molar refractivity (Wildman–Crippen MR) is 106 cm³/mol. The van der Waals surface area contributed by atoms with Gasteiger partial charge in [-0.15, -0.1) is 0 Å². The predicted octanol–water partition coefficient (Wildman–Crippen LogP) is 4.65. The molecule has 0 radical (unpaired) electrons. The zero-order valence-electron chi connectivity index (χ0n) is 15.5. The van der Waals surface area contributed by atoms with Crippen LogP contribution in [0.1, 0.15) is 53.7 Å². The monoisotopic (exact) mass is 350 g/mol. The van der Waals surface area contributed by atoms with Crippen molar-refractivity contribution in [3.05, 3.63) is 59.1 Å². The van der Waals surface area contributed by atoms with Gasteiger partial charge in [-0.3, -0.25) is 4.79 Å². The maximum absolute atomic E-state index is 12.4. The fraction of sp³-hybridized carbons (Fsp3) is 0.381. The fourth-order valence-corrected chi connectivity index (χ4v) is 3.08. The molecule has 1 aromatic heterocycles. The normalized spacial score (nSPS) is 13.8. The fourth-order valence-electron chi connectivity index (χ4n) is 3.08. The van der Waals surface area contributed by atoms with E-state index in [1.54, 1.807) is 6.07 Å². The Labute approximate surface area is 155 Å². The Hall–Kier alpha value is -2.69. The molecule has 26 heavy (non-hydrogen) atoms. The first-order valence-corrected chi connectivity index (χ1v) is 9.24. The van der Waals surface area contributed by atoms with E-state index < -0.39 is 0 Å². The minimum Gasteiger partial charge on any atom is -0.370 e. The van der Waals surface area contributed by atoms with Crippen LogP contribution in [-0.4, -0.2) is 22.4 Å². The number of anilines is 2. The van der Waals surface area contributed by atoms with Crippen molar-refractivity contribution in [3.8, 4) is 0 Å². The molecule has 1 heterocycles. The van der Waals surface area contributed by atoms with Crippen LogP contribution >= 0.6 is 0 Å². The van der Waals surface area contributed by atoms with Gasteiger partial charge in [0, 0.05) is 18.3 Å². The SMILES string of the molecule is Cc1ccc(NC(=O)c2cc(NCCC3=CCCCC3)ncn2)cc1C. The number of benzene rings is 1. The van der Waals surface area contributed by atoms with Gasteiger partial charge in [-0.2, -0.15) is 0 Å². The lowest BCUT2D eigenvalue weighted by molar-refractivity contribution is 0.102. The topological polar surface area (TPSA) is 66.9 Å². The van der Waals surface area contributed by atoms with E-state index in [-0.39, 0.29) is 5.91 Å². The molecule has 5 heteroatoms. The summed E-state index contributed by atoms with van der Waals surface area (Å²) in [6.45, 7) is 4.90. The molecule has 2 N–H and O–H groups in total. The highest BCUT2D eigenvalue weighted by Gasteiger charge is 2.10. The molecule has 0 aliphatic heterocycles. The number of carbonyl (C=O) groups excluding carboxylic acids is 1. The summed E-state index contributed by atoms with van der Waals surface area (Å²) in [6, 6.07) is 7.56. The number of aryl methyl sites for hydroxylation is 2. The first kappa shape index (κ1) is 18.1. The van der Waals surface area contributed by atoms with Crippen molar-refractivity contribution in [1.29, 1.82) is 0 Å². The highest BCUT2D eigenvalue weighted by Crippen LogP contribution is 2.20. The maximum Gasteiger partial charge on any atom is 0.274 e. The largest absolute Gasteiger partial charge is 0.370 e. The van der Waals surface area contributed by atoms with Gasteiger partial charge in [0.1, 0.15) is 17.8 Å². The second-order valence-electron chi connectivity index (χ2n) is 6.83. The van der Waals surface area contributed by atoms with Crippen molar-refractivity contribution in [3.63, 3.8) is 0 Å². The molecule has 0 atom stereocenters. The standard InChI is InChI=1S/C21H26N4O/c1-15-8-9-18(12-16(15)2)25-21(26)19-13-20(24-14-23-19)22-11-10-17-6-4-3-5-7-17/h6,8-9,12-14H,3-5,7,10-11H2,1-2H3,(H,25,26)(H,22,23,24). The van der Waals surface area contributed by atoms with E-state index in [9.17, 15) is 4.79 Å². The van der Waals surface area contributed by atoms with Gasteiger partial charge in [-0.25, -0.2) is 9.97 Å². The number of amides is 1. The average molecular weight is 350 g/mol. The molecule has 0 unspecified atom stereocenters. The van der Waals surface area contributed by atoms with Crippen LogP contribution in [0.5, 0.6) is 0 Å². The molecule has 0 spiro atoms. The number of carbonyl (C=O) groups is 1.